The van der Waals surface area contributed by atoms with Crippen molar-refractivity contribution in [3.05, 3.63) is 36.2 Å². The number of rotatable bonds is 5. The molecule has 2 rings (SSSR count). The molecule has 0 aliphatic rings. The predicted octanol–water partition coefficient (Wildman–Crippen LogP) is 1.90. The van der Waals surface area contributed by atoms with Crippen LogP contribution in [0, 0.1) is 0 Å². The number of aromatic nitrogens is 3. The Hall–Kier alpha value is -1.93. The van der Waals surface area contributed by atoms with Gasteiger partial charge in [-0.2, -0.15) is 0 Å². The van der Waals surface area contributed by atoms with Gasteiger partial charge in [0.1, 0.15) is 5.69 Å². The summed E-state index contributed by atoms with van der Waals surface area (Å²) in [6, 6.07) is 6.73. The molecule has 2 aromatic rings. The molecule has 1 aromatic heterocycles. The minimum Gasteiger partial charge on any atom is -0.379 e. The lowest BCUT2D eigenvalue weighted by molar-refractivity contribution is 0.347. The minimum atomic E-state index is -3.44. The number of nitrogens with zero attached hydrogens (tertiary/aromatic N) is 4. The van der Waals surface area contributed by atoms with Gasteiger partial charge in [0.25, 0.3) is 0 Å². The molecule has 0 aliphatic heterocycles. The first-order valence-electron chi connectivity index (χ1n) is 7.29. The van der Waals surface area contributed by atoms with Crippen LogP contribution >= 0.6 is 0 Å². The lowest BCUT2D eigenvalue weighted by Gasteiger charge is -2.17. The lowest BCUT2D eigenvalue weighted by atomic mass is 10.1. The van der Waals surface area contributed by atoms with Crippen LogP contribution in [-0.2, 0) is 22.1 Å². The molecule has 0 fully saturated rings. The van der Waals surface area contributed by atoms with Crippen LogP contribution in [0.25, 0.3) is 0 Å². The number of nitrogens with one attached hydrogen (secondary N) is 1. The highest BCUT2D eigenvalue weighted by Crippen LogP contribution is 2.18. The van der Waals surface area contributed by atoms with E-state index in [1.54, 1.807) is 22.9 Å². The van der Waals surface area contributed by atoms with Crippen molar-refractivity contribution in [2.24, 2.45) is 0 Å². The highest BCUT2D eigenvalue weighted by Gasteiger charge is 2.17. The van der Waals surface area contributed by atoms with Gasteiger partial charge in [-0.25, -0.2) is 17.4 Å². The Balaban J connectivity index is 2.12. The Morgan fingerprint density at radius 3 is 2.52 bits per heavy atom. The third-order valence-corrected chi connectivity index (χ3v) is 5.13. The van der Waals surface area contributed by atoms with E-state index < -0.39 is 10.0 Å². The summed E-state index contributed by atoms with van der Waals surface area (Å²) in [7, 11) is -0.408. The molecule has 7 nitrogen and oxygen atoms in total. The second kappa shape index (κ2) is 6.29. The fourth-order valence-corrected chi connectivity index (χ4v) is 2.83. The molecule has 0 atom stereocenters. The smallest absolute Gasteiger partial charge is 0.242 e. The van der Waals surface area contributed by atoms with Gasteiger partial charge < -0.3 is 5.32 Å². The summed E-state index contributed by atoms with van der Waals surface area (Å²) in [4.78, 5) is 0.255. The molecule has 126 valence electrons. The minimum absolute atomic E-state index is 0.120. The van der Waals surface area contributed by atoms with Gasteiger partial charge in [-0.05, 0) is 39.0 Å². The molecule has 1 aromatic carbocycles. The van der Waals surface area contributed by atoms with Gasteiger partial charge in [-0.1, -0.05) is 11.3 Å². The molecule has 0 saturated heterocycles. The van der Waals surface area contributed by atoms with Crippen molar-refractivity contribution in [3.63, 3.8) is 0 Å². The van der Waals surface area contributed by atoms with Crippen LogP contribution in [0.1, 0.15) is 26.5 Å². The molecule has 0 bridgehead atoms. The maximum Gasteiger partial charge on any atom is 0.242 e. The quantitative estimate of drug-likeness (QED) is 0.901. The zero-order valence-corrected chi connectivity index (χ0v) is 14.9. The van der Waals surface area contributed by atoms with Crippen molar-refractivity contribution in [1.82, 2.24) is 19.3 Å². The maximum absolute atomic E-state index is 12.1. The van der Waals surface area contributed by atoms with E-state index in [-0.39, 0.29) is 10.4 Å². The van der Waals surface area contributed by atoms with Crippen LogP contribution < -0.4 is 5.32 Å². The largest absolute Gasteiger partial charge is 0.379 e. The Bertz CT molecular complexity index is 775. The molecule has 0 unspecified atom stereocenters. The summed E-state index contributed by atoms with van der Waals surface area (Å²) in [5.74, 6) is 0. The molecule has 0 radical (unpaired) electrons. The molecule has 0 aliphatic carbocycles. The van der Waals surface area contributed by atoms with Gasteiger partial charge >= 0.3 is 0 Å². The van der Waals surface area contributed by atoms with Gasteiger partial charge in [0.2, 0.25) is 10.0 Å². The molecular weight excluding hydrogens is 314 g/mol. The van der Waals surface area contributed by atoms with E-state index >= 15 is 0 Å². The average Bonchev–Trinajstić information content (AvgIpc) is 2.94. The van der Waals surface area contributed by atoms with Crippen LogP contribution in [-0.4, -0.2) is 41.8 Å². The Morgan fingerprint density at radius 1 is 1.26 bits per heavy atom. The second-order valence-electron chi connectivity index (χ2n) is 6.49. The van der Waals surface area contributed by atoms with E-state index in [4.69, 9.17) is 0 Å². The van der Waals surface area contributed by atoms with E-state index in [1.807, 2.05) is 12.3 Å². The lowest BCUT2D eigenvalue weighted by Crippen LogP contribution is -2.22. The number of hydrogen-bond donors (Lipinski definition) is 1. The summed E-state index contributed by atoms with van der Waals surface area (Å²) >= 11 is 0. The molecule has 0 spiro atoms. The number of hydrogen-bond acceptors (Lipinski definition) is 5. The second-order valence-corrected chi connectivity index (χ2v) is 8.65. The normalized spacial score (nSPS) is 12.6. The van der Waals surface area contributed by atoms with Crippen LogP contribution in [0.2, 0.25) is 0 Å². The SMILES string of the molecule is CN(C)S(=O)(=O)c1cccc(NCc2cn(C(C)(C)C)nn2)c1. The van der Waals surface area contributed by atoms with Crippen molar-refractivity contribution in [2.45, 2.75) is 37.8 Å². The summed E-state index contributed by atoms with van der Waals surface area (Å²) in [6.07, 6.45) is 1.88. The molecule has 23 heavy (non-hydrogen) atoms. The summed E-state index contributed by atoms with van der Waals surface area (Å²) in [6.45, 7) is 6.62. The van der Waals surface area contributed by atoms with Crippen molar-refractivity contribution in [2.75, 3.05) is 19.4 Å². The molecule has 1 heterocycles. The van der Waals surface area contributed by atoms with Crippen molar-refractivity contribution < 1.29 is 8.42 Å². The van der Waals surface area contributed by atoms with Crippen LogP contribution in [0.5, 0.6) is 0 Å². The Kier molecular flexibility index (Phi) is 4.76. The first kappa shape index (κ1) is 17.4. The zero-order chi connectivity index (χ0) is 17.3. The third-order valence-electron chi connectivity index (χ3n) is 3.31. The fraction of sp³-hybridized carbons (Fsp3) is 0.467. The van der Waals surface area contributed by atoms with Crippen molar-refractivity contribution in [1.29, 1.82) is 0 Å². The fourth-order valence-electron chi connectivity index (χ4n) is 1.88. The van der Waals surface area contributed by atoms with Gasteiger partial charge in [0, 0.05) is 19.8 Å². The van der Waals surface area contributed by atoms with Crippen molar-refractivity contribution >= 4 is 15.7 Å². The number of sulfonamides is 1. The van der Waals surface area contributed by atoms with E-state index in [9.17, 15) is 8.42 Å². The summed E-state index contributed by atoms with van der Waals surface area (Å²) in [5.41, 5.74) is 1.39. The Morgan fingerprint density at radius 2 is 1.96 bits per heavy atom. The molecule has 8 heteroatoms. The van der Waals surface area contributed by atoms with Crippen molar-refractivity contribution in [3.8, 4) is 0 Å². The molecule has 1 N–H and O–H groups in total. The summed E-state index contributed by atoms with van der Waals surface area (Å²) in [5, 5.41) is 11.4. The molecule has 0 amide bonds. The van der Waals surface area contributed by atoms with Gasteiger partial charge in [-0.3, -0.25) is 0 Å². The standard InChI is InChI=1S/C15H23N5O2S/c1-15(2,3)20-11-13(17-18-20)10-16-12-7-6-8-14(9-12)23(21,22)19(4)5/h6-9,11,16H,10H2,1-5H3. The average molecular weight is 337 g/mol. The first-order valence-corrected chi connectivity index (χ1v) is 8.73. The topological polar surface area (TPSA) is 80.1 Å². The van der Waals surface area contributed by atoms with Gasteiger partial charge in [0.05, 0.1) is 23.2 Å². The van der Waals surface area contributed by atoms with Crippen LogP contribution in [0.3, 0.4) is 0 Å². The van der Waals surface area contributed by atoms with E-state index in [1.165, 1.54) is 18.4 Å². The summed E-state index contributed by atoms with van der Waals surface area (Å²) < 4.78 is 27.3. The van der Waals surface area contributed by atoms with Crippen LogP contribution in [0.15, 0.2) is 35.4 Å². The first-order chi connectivity index (χ1) is 10.6. The van der Waals surface area contributed by atoms with Gasteiger partial charge in [-0.15, -0.1) is 5.10 Å². The van der Waals surface area contributed by atoms with E-state index in [2.05, 4.69) is 36.4 Å². The number of anilines is 1. The monoisotopic (exact) mass is 337 g/mol. The zero-order valence-electron chi connectivity index (χ0n) is 14.1. The van der Waals surface area contributed by atoms with Gasteiger partial charge in [0.15, 0.2) is 0 Å². The van der Waals surface area contributed by atoms with E-state index in [0.717, 1.165) is 11.4 Å². The van der Waals surface area contributed by atoms with E-state index in [0.29, 0.717) is 6.54 Å². The van der Waals surface area contributed by atoms with Crippen LogP contribution in [0.4, 0.5) is 5.69 Å². The predicted molar refractivity (Wildman–Crippen MR) is 89.7 cm³/mol. The highest BCUT2D eigenvalue weighted by molar-refractivity contribution is 7.89. The molecule has 0 saturated carbocycles. The number of benzene rings is 1. The highest BCUT2D eigenvalue weighted by atomic mass is 32.2. The molecular formula is C15H23N5O2S. The Labute approximate surface area is 137 Å². The maximum atomic E-state index is 12.1. The third kappa shape index (κ3) is 4.08.